The van der Waals surface area contributed by atoms with Gasteiger partial charge in [0.1, 0.15) is 6.04 Å². The molecule has 1 amide bonds. The number of rotatable bonds is 7. The maximum Gasteiger partial charge on any atom is 0.326 e. The minimum Gasteiger partial charge on any atom is -0.481 e. The minimum atomic E-state index is -1.21. The van der Waals surface area contributed by atoms with Crippen LogP contribution in [0.15, 0.2) is 30.3 Å². The molecule has 1 aliphatic rings. The Hall–Kier alpha value is -2.37. The third kappa shape index (κ3) is 3.39. The lowest BCUT2D eigenvalue weighted by Gasteiger charge is -2.19. The van der Waals surface area contributed by atoms with E-state index in [1.54, 1.807) is 0 Å². The summed E-state index contributed by atoms with van der Waals surface area (Å²) in [6.07, 6.45) is 0.930. The SMILES string of the molecule is O=C(O)CCC(NC(=O)C1(c2ccccc2)CC1)C(=O)O. The topological polar surface area (TPSA) is 104 Å². The van der Waals surface area contributed by atoms with E-state index < -0.39 is 23.4 Å². The quantitative estimate of drug-likeness (QED) is 0.699. The van der Waals surface area contributed by atoms with E-state index in [1.165, 1.54) is 0 Å². The predicted molar refractivity (Wildman–Crippen MR) is 73.8 cm³/mol. The summed E-state index contributed by atoms with van der Waals surface area (Å²) in [6.45, 7) is 0. The number of aliphatic carboxylic acids is 2. The highest BCUT2D eigenvalue weighted by Crippen LogP contribution is 2.48. The molecule has 1 aliphatic carbocycles. The fraction of sp³-hybridized carbons (Fsp3) is 0.400. The molecule has 0 aliphatic heterocycles. The Kier molecular flexibility index (Phi) is 4.26. The smallest absolute Gasteiger partial charge is 0.326 e. The van der Waals surface area contributed by atoms with Gasteiger partial charge in [0, 0.05) is 6.42 Å². The van der Waals surface area contributed by atoms with Crippen molar-refractivity contribution < 1.29 is 24.6 Å². The van der Waals surface area contributed by atoms with Gasteiger partial charge in [-0.2, -0.15) is 0 Å². The number of hydrogen-bond donors (Lipinski definition) is 3. The molecule has 1 unspecified atom stereocenters. The number of carbonyl (C=O) groups excluding carboxylic acids is 1. The fourth-order valence-electron chi connectivity index (χ4n) is 2.35. The Morgan fingerprint density at radius 1 is 1.14 bits per heavy atom. The van der Waals surface area contributed by atoms with Gasteiger partial charge in [-0.25, -0.2) is 4.79 Å². The summed E-state index contributed by atoms with van der Waals surface area (Å²) in [5.41, 5.74) is 0.211. The van der Waals surface area contributed by atoms with Crippen LogP contribution in [0.25, 0.3) is 0 Å². The van der Waals surface area contributed by atoms with Gasteiger partial charge in [0.15, 0.2) is 0 Å². The average Bonchev–Trinajstić information content (AvgIpc) is 3.25. The molecule has 1 saturated carbocycles. The molecule has 1 aromatic carbocycles. The number of carboxylic acids is 2. The highest BCUT2D eigenvalue weighted by atomic mass is 16.4. The van der Waals surface area contributed by atoms with Crippen molar-refractivity contribution in [3.8, 4) is 0 Å². The van der Waals surface area contributed by atoms with Crippen LogP contribution >= 0.6 is 0 Å². The van der Waals surface area contributed by atoms with Gasteiger partial charge in [-0.05, 0) is 24.8 Å². The van der Waals surface area contributed by atoms with E-state index in [0.717, 1.165) is 5.56 Å². The van der Waals surface area contributed by atoms with Crippen molar-refractivity contribution in [3.63, 3.8) is 0 Å². The number of carbonyl (C=O) groups is 3. The Morgan fingerprint density at radius 2 is 1.76 bits per heavy atom. The highest BCUT2D eigenvalue weighted by molar-refractivity contribution is 5.94. The lowest BCUT2D eigenvalue weighted by molar-refractivity contribution is -0.143. The van der Waals surface area contributed by atoms with E-state index >= 15 is 0 Å². The first-order chi connectivity index (χ1) is 9.95. The first kappa shape index (κ1) is 15.0. The summed E-state index contributed by atoms with van der Waals surface area (Å²) in [7, 11) is 0. The Labute approximate surface area is 121 Å². The largest absolute Gasteiger partial charge is 0.481 e. The van der Waals surface area contributed by atoms with Crippen LogP contribution in [0.1, 0.15) is 31.2 Å². The van der Waals surface area contributed by atoms with E-state index in [4.69, 9.17) is 10.2 Å². The zero-order valence-corrected chi connectivity index (χ0v) is 11.4. The second-order valence-corrected chi connectivity index (χ2v) is 5.24. The second-order valence-electron chi connectivity index (χ2n) is 5.24. The number of hydrogen-bond acceptors (Lipinski definition) is 3. The van der Waals surface area contributed by atoms with Crippen LogP contribution in [0.2, 0.25) is 0 Å². The molecule has 0 aromatic heterocycles. The van der Waals surface area contributed by atoms with Gasteiger partial charge < -0.3 is 15.5 Å². The number of nitrogens with one attached hydrogen (secondary N) is 1. The van der Waals surface area contributed by atoms with Crippen LogP contribution < -0.4 is 5.32 Å². The van der Waals surface area contributed by atoms with E-state index in [9.17, 15) is 14.4 Å². The molecule has 0 radical (unpaired) electrons. The van der Waals surface area contributed by atoms with Crippen LogP contribution in [-0.4, -0.2) is 34.1 Å². The summed E-state index contributed by atoms with van der Waals surface area (Å²) < 4.78 is 0. The van der Waals surface area contributed by atoms with Gasteiger partial charge in [0.2, 0.25) is 5.91 Å². The van der Waals surface area contributed by atoms with Crippen molar-refractivity contribution >= 4 is 17.8 Å². The monoisotopic (exact) mass is 291 g/mol. The molecule has 21 heavy (non-hydrogen) atoms. The molecule has 2 rings (SSSR count). The molecule has 1 fully saturated rings. The molecule has 3 N–H and O–H groups in total. The molecule has 0 spiro atoms. The summed E-state index contributed by atoms with van der Waals surface area (Å²) in [5, 5.41) is 20.2. The first-order valence-electron chi connectivity index (χ1n) is 6.77. The zero-order chi connectivity index (χ0) is 15.5. The van der Waals surface area contributed by atoms with E-state index in [0.29, 0.717) is 12.8 Å². The molecular formula is C15H17NO5. The van der Waals surface area contributed by atoms with Gasteiger partial charge in [-0.3, -0.25) is 9.59 Å². The van der Waals surface area contributed by atoms with Crippen LogP contribution in [0.4, 0.5) is 0 Å². The summed E-state index contributed by atoms with van der Waals surface area (Å²) in [5.74, 6) is -2.64. The molecule has 6 heteroatoms. The third-order valence-electron chi connectivity index (χ3n) is 3.76. The van der Waals surface area contributed by atoms with Gasteiger partial charge >= 0.3 is 11.9 Å². The maximum atomic E-state index is 12.4. The Bertz CT molecular complexity index is 550. The van der Waals surface area contributed by atoms with Crippen molar-refractivity contribution in [1.29, 1.82) is 0 Å². The summed E-state index contributed by atoms with van der Waals surface area (Å²) >= 11 is 0. The van der Waals surface area contributed by atoms with Crippen LogP contribution in [0, 0.1) is 0 Å². The number of benzene rings is 1. The standard InChI is InChI=1S/C15H17NO5/c17-12(18)7-6-11(13(19)20)16-14(21)15(8-9-15)10-4-2-1-3-5-10/h1-5,11H,6-9H2,(H,16,21)(H,17,18)(H,19,20). The first-order valence-corrected chi connectivity index (χ1v) is 6.77. The summed E-state index contributed by atoms with van der Waals surface area (Å²) in [4.78, 5) is 34.0. The van der Waals surface area contributed by atoms with Crippen molar-refractivity contribution in [2.75, 3.05) is 0 Å². The summed E-state index contributed by atoms with van der Waals surface area (Å²) in [6, 6.07) is 8.04. The van der Waals surface area contributed by atoms with E-state index in [-0.39, 0.29) is 18.7 Å². The normalized spacial score (nSPS) is 16.8. The lowest BCUT2D eigenvalue weighted by Crippen LogP contribution is -2.45. The molecule has 0 heterocycles. The number of amides is 1. The van der Waals surface area contributed by atoms with Gasteiger partial charge in [-0.15, -0.1) is 0 Å². The second kappa shape index (κ2) is 5.95. The van der Waals surface area contributed by atoms with Crippen molar-refractivity contribution in [2.24, 2.45) is 0 Å². The van der Waals surface area contributed by atoms with Gasteiger partial charge in [0.25, 0.3) is 0 Å². The maximum absolute atomic E-state index is 12.4. The molecule has 1 atom stereocenters. The molecule has 1 aromatic rings. The Balaban J connectivity index is 2.05. The fourth-order valence-corrected chi connectivity index (χ4v) is 2.35. The minimum absolute atomic E-state index is 0.124. The van der Waals surface area contributed by atoms with Crippen molar-refractivity contribution in [3.05, 3.63) is 35.9 Å². The van der Waals surface area contributed by atoms with Gasteiger partial charge in [0.05, 0.1) is 5.41 Å². The molecule has 6 nitrogen and oxygen atoms in total. The lowest BCUT2D eigenvalue weighted by atomic mass is 9.94. The third-order valence-corrected chi connectivity index (χ3v) is 3.76. The highest BCUT2D eigenvalue weighted by Gasteiger charge is 2.51. The predicted octanol–water partition coefficient (Wildman–Crippen LogP) is 1.15. The zero-order valence-electron chi connectivity index (χ0n) is 11.4. The van der Waals surface area contributed by atoms with Crippen LogP contribution in [-0.2, 0) is 19.8 Å². The van der Waals surface area contributed by atoms with Crippen molar-refractivity contribution in [1.82, 2.24) is 5.32 Å². The number of carboxylic acid groups (broad SMARTS) is 2. The van der Waals surface area contributed by atoms with Crippen LogP contribution in [0.5, 0.6) is 0 Å². The molecule has 0 saturated heterocycles. The molecular weight excluding hydrogens is 274 g/mol. The van der Waals surface area contributed by atoms with Gasteiger partial charge in [-0.1, -0.05) is 30.3 Å². The molecule has 112 valence electrons. The van der Waals surface area contributed by atoms with Crippen molar-refractivity contribution in [2.45, 2.75) is 37.1 Å². The Morgan fingerprint density at radius 3 is 2.24 bits per heavy atom. The van der Waals surface area contributed by atoms with E-state index in [2.05, 4.69) is 5.32 Å². The molecule has 0 bridgehead atoms. The van der Waals surface area contributed by atoms with Crippen LogP contribution in [0.3, 0.4) is 0 Å². The average molecular weight is 291 g/mol. The van der Waals surface area contributed by atoms with E-state index in [1.807, 2.05) is 30.3 Å².